The number of carbonyl (C=O) groups excluding carboxylic acids is 1. The molecule has 0 aliphatic heterocycles. The second-order valence-corrected chi connectivity index (χ2v) is 3.63. The monoisotopic (exact) mass is 233 g/mol. The first-order chi connectivity index (χ1) is 8.17. The largest absolute Gasteiger partial charge is 0.368 e. The Balaban J connectivity index is 2.80. The molecule has 0 saturated carbocycles. The molecule has 1 amide bonds. The lowest BCUT2D eigenvalue weighted by molar-refractivity contribution is -0.116. The van der Waals surface area contributed by atoms with Crippen molar-refractivity contribution in [2.75, 3.05) is 18.0 Å². The molecule has 0 aliphatic rings. The molecule has 0 radical (unpaired) electrons. The zero-order chi connectivity index (χ0) is 12.7. The molecule has 6 nitrogen and oxygen atoms in total. The van der Waals surface area contributed by atoms with E-state index in [0.717, 1.165) is 12.8 Å². The summed E-state index contributed by atoms with van der Waals surface area (Å²) in [6.07, 6.45) is 1.95. The summed E-state index contributed by atoms with van der Waals surface area (Å²) < 4.78 is 0. The van der Waals surface area contributed by atoms with Crippen molar-refractivity contribution in [2.45, 2.75) is 19.8 Å². The minimum atomic E-state index is -0.410. The second kappa shape index (κ2) is 6.43. The Hall–Kier alpha value is -2.16. The van der Waals surface area contributed by atoms with Crippen molar-refractivity contribution in [1.82, 2.24) is 10.2 Å². The van der Waals surface area contributed by atoms with E-state index in [9.17, 15) is 4.79 Å². The quantitative estimate of drug-likeness (QED) is 0.769. The van der Waals surface area contributed by atoms with Crippen LogP contribution in [0.1, 0.15) is 25.5 Å². The van der Waals surface area contributed by atoms with Crippen LogP contribution in [-0.2, 0) is 4.79 Å². The first-order valence-corrected chi connectivity index (χ1v) is 5.44. The smallest absolute Gasteiger partial charge is 0.236 e. The molecular weight excluding hydrogens is 218 g/mol. The minimum Gasteiger partial charge on any atom is -0.368 e. The van der Waals surface area contributed by atoms with Gasteiger partial charge in [-0.3, -0.25) is 4.79 Å². The number of hydrogen-bond acceptors (Lipinski definition) is 5. The summed E-state index contributed by atoms with van der Waals surface area (Å²) in [5.74, 6) is 0.156. The minimum absolute atomic E-state index is 0.112. The Bertz CT molecular complexity index is 409. The highest BCUT2D eigenvalue weighted by Gasteiger charge is 2.10. The van der Waals surface area contributed by atoms with Crippen LogP contribution >= 0.6 is 0 Å². The molecule has 0 spiro atoms. The molecule has 0 bridgehead atoms. The number of nitrogens with zero attached hydrogens (tertiary/aromatic N) is 4. The highest BCUT2D eigenvalue weighted by atomic mass is 16.1. The number of rotatable bonds is 6. The summed E-state index contributed by atoms with van der Waals surface area (Å²) in [4.78, 5) is 12.7. The van der Waals surface area contributed by atoms with Crippen molar-refractivity contribution in [3.8, 4) is 6.07 Å². The fourth-order valence-corrected chi connectivity index (χ4v) is 1.37. The molecule has 1 aromatic heterocycles. The predicted molar refractivity (Wildman–Crippen MR) is 63.1 cm³/mol. The fourth-order valence-electron chi connectivity index (χ4n) is 1.37. The lowest BCUT2D eigenvalue weighted by atomic mass is 10.3. The number of carbonyl (C=O) groups is 1. The molecule has 1 aromatic rings. The van der Waals surface area contributed by atoms with Gasteiger partial charge in [-0.05, 0) is 18.6 Å². The average Bonchev–Trinajstić information content (AvgIpc) is 2.34. The Morgan fingerprint density at radius 3 is 2.76 bits per heavy atom. The number of unbranched alkanes of at least 4 members (excludes halogenated alkanes) is 1. The van der Waals surface area contributed by atoms with Crippen LogP contribution in [0.25, 0.3) is 0 Å². The van der Waals surface area contributed by atoms with E-state index in [1.807, 2.05) is 6.07 Å². The third kappa shape index (κ3) is 4.07. The van der Waals surface area contributed by atoms with E-state index in [1.165, 1.54) is 0 Å². The van der Waals surface area contributed by atoms with Crippen LogP contribution in [0.5, 0.6) is 0 Å². The van der Waals surface area contributed by atoms with E-state index in [-0.39, 0.29) is 12.2 Å². The molecule has 17 heavy (non-hydrogen) atoms. The number of nitriles is 1. The highest BCUT2D eigenvalue weighted by molar-refractivity contribution is 5.79. The van der Waals surface area contributed by atoms with Crippen molar-refractivity contribution in [2.24, 2.45) is 5.73 Å². The molecule has 0 fully saturated rings. The first kappa shape index (κ1) is 12.9. The van der Waals surface area contributed by atoms with E-state index in [1.54, 1.807) is 17.0 Å². The molecule has 0 saturated heterocycles. The molecule has 90 valence electrons. The molecule has 6 heteroatoms. The van der Waals surface area contributed by atoms with Crippen LogP contribution in [0.4, 0.5) is 5.82 Å². The van der Waals surface area contributed by atoms with Crippen molar-refractivity contribution in [1.29, 1.82) is 5.26 Å². The molecule has 0 aliphatic carbocycles. The summed E-state index contributed by atoms with van der Waals surface area (Å²) in [6.45, 7) is 2.87. The lowest BCUT2D eigenvalue weighted by Gasteiger charge is -2.21. The fraction of sp³-hybridized carbons (Fsp3) is 0.455. The summed E-state index contributed by atoms with van der Waals surface area (Å²) in [6, 6.07) is 5.14. The molecule has 0 aromatic carbocycles. The third-order valence-corrected chi connectivity index (χ3v) is 2.22. The van der Waals surface area contributed by atoms with Gasteiger partial charge < -0.3 is 10.6 Å². The van der Waals surface area contributed by atoms with E-state index in [2.05, 4.69) is 17.1 Å². The van der Waals surface area contributed by atoms with Crippen molar-refractivity contribution < 1.29 is 4.79 Å². The SMILES string of the molecule is CCCCN(CC(N)=O)c1ccc(C#N)nn1. The van der Waals surface area contributed by atoms with Crippen LogP contribution in [0.15, 0.2) is 12.1 Å². The van der Waals surface area contributed by atoms with Gasteiger partial charge >= 0.3 is 0 Å². The number of anilines is 1. The molecular formula is C11H15N5O. The van der Waals surface area contributed by atoms with Gasteiger partial charge in [-0.2, -0.15) is 5.26 Å². The second-order valence-electron chi connectivity index (χ2n) is 3.63. The zero-order valence-electron chi connectivity index (χ0n) is 9.76. The number of hydrogen-bond donors (Lipinski definition) is 1. The first-order valence-electron chi connectivity index (χ1n) is 5.44. The van der Waals surface area contributed by atoms with E-state index < -0.39 is 5.91 Å². The van der Waals surface area contributed by atoms with Gasteiger partial charge in [0.15, 0.2) is 11.5 Å². The average molecular weight is 233 g/mol. The summed E-state index contributed by atoms with van der Waals surface area (Å²) in [5, 5.41) is 16.2. The molecule has 0 unspecified atom stereocenters. The Morgan fingerprint density at radius 1 is 1.53 bits per heavy atom. The number of primary amides is 1. The van der Waals surface area contributed by atoms with Gasteiger partial charge in [0.1, 0.15) is 6.07 Å². The highest BCUT2D eigenvalue weighted by Crippen LogP contribution is 2.10. The topological polar surface area (TPSA) is 95.9 Å². The van der Waals surface area contributed by atoms with Crippen molar-refractivity contribution in [3.63, 3.8) is 0 Å². The normalized spacial score (nSPS) is 9.65. The maximum absolute atomic E-state index is 10.9. The van der Waals surface area contributed by atoms with E-state index >= 15 is 0 Å². The summed E-state index contributed by atoms with van der Waals surface area (Å²) >= 11 is 0. The number of nitrogens with two attached hydrogens (primary N) is 1. The molecule has 1 rings (SSSR count). The molecule has 0 atom stereocenters. The van der Waals surface area contributed by atoms with Gasteiger partial charge in [0.05, 0.1) is 6.54 Å². The molecule has 1 heterocycles. The maximum Gasteiger partial charge on any atom is 0.236 e. The van der Waals surface area contributed by atoms with Crippen molar-refractivity contribution >= 4 is 11.7 Å². The maximum atomic E-state index is 10.9. The van der Waals surface area contributed by atoms with Crippen LogP contribution in [-0.4, -0.2) is 29.2 Å². The Morgan fingerprint density at radius 2 is 2.29 bits per heavy atom. The van der Waals surface area contributed by atoms with Crippen LogP contribution in [0, 0.1) is 11.3 Å². The van der Waals surface area contributed by atoms with Crippen LogP contribution in [0.3, 0.4) is 0 Å². The van der Waals surface area contributed by atoms with E-state index in [0.29, 0.717) is 12.4 Å². The Kier molecular flexibility index (Phi) is 4.88. The van der Waals surface area contributed by atoms with Gasteiger partial charge in [0.2, 0.25) is 5.91 Å². The van der Waals surface area contributed by atoms with E-state index in [4.69, 9.17) is 11.0 Å². The zero-order valence-corrected chi connectivity index (χ0v) is 9.76. The van der Waals surface area contributed by atoms with Gasteiger partial charge in [0, 0.05) is 6.54 Å². The molecule has 2 N–H and O–H groups in total. The van der Waals surface area contributed by atoms with Crippen molar-refractivity contribution in [3.05, 3.63) is 17.8 Å². The van der Waals surface area contributed by atoms with Crippen LogP contribution in [0.2, 0.25) is 0 Å². The van der Waals surface area contributed by atoms with Gasteiger partial charge in [0.25, 0.3) is 0 Å². The van der Waals surface area contributed by atoms with Gasteiger partial charge in [-0.15, -0.1) is 10.2 Å². The third-order valence-electron chi connectivity index (χ3n) is 2.22. The number of aromatic nitrogens is 2. The van der Waals surface area contributed by atoms with Crippen LogP contribution < -0.4 is 10.6 Å². The summed E-state index contributed by atoms with van der Waals surface area (Å²) in [7, 11) is 0. The van der Waals surface area contributed by atoms with Gasteiger partial charge in [-0.1, -0.05) is 13.3 Å². The van der Waals surface area contributed by atoms with Gasteiger partial charge in [-0.25, -0.2) is 0 Å². The predicted octanol–water partition coefficient (Wildman–Crippen LogP) is 0.440. The standard InChI is InChI=1S/C11H15N5O/c1-2-3-6-16(8-10(13)17)11-5-4-9(7-12)14-15-11/h4-5H,2-3,6,8H2,1H3,(H2,13,17). The Labute approximate surface area is 100 Å². The number of amides is 1. The lowest BCUT2D eigenvalue weighted by Crippen LogP contribution is -2.35. The summed E-state index contributed by atoms with van der Waals surface area (Å²) in [5.41, 5.74) is 5.43.